The van der Waals surface area contributed by atoms with Gasteiger partial charge in [-0.15, -0.1) is 49.0 Å². The van der Waals surface area contributed by atoms with Crippen LogP contribution in [0.4, 0.5) is 5.82 Å². The molecule has 7 nitrogen and oxygen atoms in total. The third-order valence-electron chi connectivity index (χ3n) is 7.22. The molecule has 1 amide bonds. The molecule has 0 saturated carbocycles. The van der Waals surface area contributed by atoms with Gasteiger partial charge in [0.05, 0.1) is 17.4 Å². The van der Waals surface area contributed by atoms with Crippen LogP contribution in [-0.4, -0.2) is 88.7 Å². The second-order valence-electron chi connectivity index (χ2n) is 9.27. The fourth-order valence-electron chi connectivity index (χ4n) is 5.31. The van der Waals surface area contributed by atoms with E-state index in [0.29, 0.717) is 6.04 Å². The normalized spacial score (nSPS) is 21.7. The fraction of sp³-hybridized carbons (Fsp3) is 0.423. The number of piperazine rings is 1. The van der Waals surface area contributed by atoms with Crippen molar-refractivity contribution in [2.24, 2.45) is 0 Å². The Hall–Kier alpha value is -1.81. The van der Waals surface area contributed by atoms with E-state index in [-0.39, 0.29) is 49.2 Å². The van der Waals surface area contributed by atoms with Crippen LogP contribution in [0.15, 0.2) is 54.6 Å². The lowest BCUT2D eigenvalue weighted by atomic mass is 10.1. The van der Waals surface area contributed by atoms with Crippen LogP contribution in [0.1, 0.15) is 6.42 Å². The molecule has 3 saturated heterocycles. The standard InChI is InChI=1S/C26H30N6OS.3ClH/c33-26(32-14-15-34-18-32)23-16-20(17-27-23)30-10-12-31(13-11-30)25-21-8-4-5-9-22(21)28-24(29-25)19-6-2-1-3-7-19;;;/h1-9,20,23,27H,10-18H2;3*1H/t20-,23-;;;/m0.../s1. The van der Waals surface area contributed by atoms with E-state index in [2.05, 4.69) is 45.4 Å². The van der Waals surface area contributed by atoms with Crippen molar-refractivity contribution in [2.75, 3.05) is 55.8 Å². The zero-order chi connectivity index (χ0) is 22.9. The Labute approximate surface area is 241 Å². The smallest absolute Gasteiger partial charge is 0.240 e. The molecule has 3 fully saturated rings. The van der Waals surface area contributed by atoms with Crippen molar-refractivity contribution in [3.8, 4) is 11.4 Å². The lowest BCUT2D eigenvalue weighted by molar-refractivity contribution is -0.131. The first-order valence-electron chi connectivity index (χ1n) is 12.2. The summed E-state index contributed by atoms with van der Waals surface area (Å²) in [6.45, 7) is 5.59. The van der Waals surface area contributed by atoms with Crippen LogP contribution in [0.3, 0.4) is 0 Å². The molecule has 0 bridgehead atoms. The minimum absolute atomic E-state index is 0. The number of carbonyl (C=O) groups excluding carboxylic acids is 1. The molecule has 0 unspecified atom stereocenters. The van der Waals surface area contributed by atoms with E-state index in [1.54, 1.807) is 0 Å². The highest BCUT2D eigenvalue weighted by atomic mass is 35.5. The van der Waals surface area contributed by atoms with Crippen molar-refractivity contribution in [2.45, 2.75) is 18.5 Å². The minimum atomic E-state index is -0.0269. The van der Waals surface area contributed by atoms with Crippen LogP contribution >= 0.6 is 49.0 Å². The van der Waals surface area contributed by atoms with Crippen LogP contribution < -0.4 is 10.2 Å². The molecule has 4 heterocycles. The van der Waals surface area contributed by atoms with Crippen molar-refractivity contribution < 1.29 is 4.79 Å². The molecule has 3 aliphatic heterocycles. The molecule has 2 atom stereocenters. The number of benzene rings is 2. The zero-order valence-corrected chi connectivity index (χ0v) is 23.8. The van der Waals surface area contributed by atoms with Gasteiger partial charge in [0.1, 0.15) is 5.82 Å². The Balaban J connectivity index is 0.00000127. The summed E-state index contributed by atoms with van der Waals surface area (Å²) in [7, 11) is 0. The maximum Gasteiger partial charge on any atom is 0.240 e. The van der Waals surface area contributed by atoms with Crippen molar-refractivity contribution in [3.63, 3.8) is 0 Å². The second-order valence-corrected chi connectivity index (χ2v) is 10.3. The number of thioether (sulfide) groups is 1. The number of nitrogens with zero attached hydrogens (tertiary/aromatic N) is 5. The number of hydrogen-bond donors (Lipinski definition) is 1. The number of fused-ring (bicyclic) bond motifs is 1. The molecule has 3 aromatic rings. The highest BCUT2D eigenvalue weighted by molar-refractivity contribution is 7.99. The predicted molar refractivity (Wildman–Crippen MR) is 160 cm³/mol. The third-order valence-corrected chi connectivity index (χ3v) is 8.18. The summed E-state index contributed by atoms with van der Waals surface area (Å²) in [5.74, 6) is 3.99. The zero-order valence-electron chi connectivity index (χ0n) is 20.5. The summed E-state index contributed by atoms with van der Waals surface area (Å²) >= 11 is 1.85. The molecule has 0 radical (unpaired) electrons. The number of para-hydroxylation sites is 1. The largest absolute Gasteiger partial charge is 0.353 e. The van der Waals surface area contributed by atoms with Crippen LogP contribution in [0.25, 0.3) is 22.3 Å². The van der Waals surface area contributed by atoms with Gasteiger partial charge in [0, 0.05) is 62.0 Å². The topological polar surface area (TPSA) is 64.6 Å². The molecule has 3 aliphatic rings. The van der Waals surface area contributed by atoms with Gasteiger partial charge in [0.15, 0.2) is 5.82 Å². The van der Waals surface area contributed by atoms with Gasteiger partial charge in [-0.05, 0) is 18.6 Å². The average molecular weight is 584 g/mol. The molecule has 1 aromatic heterocycles. The lowest BCUT2D eigenvalue weighted by Crippen LogP contribution is -2.51. The molecule has 6 rings (SSSR count). The molecule has 1 N–H and O–H groups in total. The van der Waals surface area contributed by atoms with Crippen molar-refractivity contribution >= 4 is 71.6 Å². The molecule has 2 aromatic carbocycles. The molecule has 11 heteroatoms. The maximum absolute atomic E-state index is 12.8. The number of hydrogen-bond acceptors (Lipinski definition) is 7. The summed E-state index contributed by atoms with van der Waals surface area (Å²) in [5.41, 5.74) is 2.02. The fourth-order valence-corrected chi connectivity index (χ4v) is 6.26. The van der Waals surface area contributed by atoms with Crippen molar-refractivity contribution in [1.82, 2.24) is 25.1 Å². The minimum Gasteiger partial charge on any atom is -0.353 e. The van der Waals surface area contributed by atoms with Crippen LogP contribution in [0.2, 0.25) is 0 Å². The SMILES string of the molecule is Cl.Cl.Cl.O=C([C@@H]1C[C@H](N2CCN(c3nc(-c4ccccc4)nc4ccccc34)CC2)CN1)N1CCSC1. The van der Waals surface area contributed by atoms with E-state index in [1.807, 2.05) is 40.9 Å². The number of halogens is 3. The highest BCUT2D eigenvalue weighted by Gasteiger charge is 2.37. The second kappa shape index (κ2) is 13.3. The predicted octanol–water partition coefficient (Wildman–Crippen LogP) is 3.95. The highest BCUT2D eigenvalue weighted by Crippen LogP contribution is 2.29. The monoisotopic (exact) mass is 582 g/mol. The van der Waals surface area contributed by atoms with E-state index < -0.39 is 0 Å². The van der Waals surface area contributed by atoms with E-state index >= 15 is 0 Å². The van der Waals surface area contributed by atoms with Gasteiger partial charge in [0.2, 0.25) is 5.91 Å². The average Bonchev–Trinajstić information content (AvgIpc) is 3.61. The number of anilines is 1. The van der Waals surface area contributed by atoms with Crippen LogP contribution in [0, 0.1) is 0 Å². The van der Waals surface area contributed by atoms with Gasteiger partial charge >= 0.3 is 0 Å². The Kier molecular flexibility index (Phi) is 10.7. The van der Waals surface area contributed by atoms with E-state index in [1.165, 1.54) is 0 Å². The number of rotatable bonds is 4. The first-order valence-corrected chi connectivity index (χ1v) is 13.3. The summed E-state index contributed by atoms with van der Waals surface area (Å²) < 4.78 is 0. The number of nitrogens with one attached hydrogen (secondary N) is 1. The molecule has 200 valence electrons. The first-order chi connectivity index (χ1) is 16.8. The number of amides is 1. The first kappa shape index (κ1) is 29.7. The van der Waals surface area contributed by atoms with Gasteiger partial charge in [-0.2, -0.15) is 0 Å². The van der Waals surface area contributed by atoms with Crippen molar-refractivity contribution in [1.29, 1.82) is 0 Å². The number of carbonyl (C=O) groups is 1. The van der Waals surface area contributed by atoms with Gasteiger partial charge in [-0.1, -0.05) is 42.5 Å². The number of aromatic nitrogens is 2. The van der Waals surface area contributed by atoms with Gasteiger partial charge in [-0.3, -0.25) is 9.69 Å². The Bertz CT molecular complexity index is 1180. The Morgan fingerprint density at radius 2 is 1.62 bits per heavy atom. The third kappa shape index (κ3) is 6.27. The maximum atomic E-state index is 12.8. The Morgan fingerprint density at radius 3 is 2.35 bits per heavy atom. The van der Waals surface area contributed by atoms with E-state index in [4.69, 9.17) is 9.97 Å². The van der Waals surface area contributed by atoms with Crippen LogP contribution in [-0.2, 0) is 4.79 Å². The summed E-state index contributed by atoms with van der Waals surface area (Å²) in [6.07, 6.45) is 0.911. The Morgan fingerprint density at radius 1 is 0.892 bits per heavy atom. The summed E-state index contributed by atoms with van der Waals surface area (Å²) in [5, 5.41) is 4.60. The van der Waals surface area contributed by atoms with Crippen LogP contribution in [0.5, 0.6) is 0 Å². The van der Waals surface area contributed by atoms with Gasteiger partial charge in [-0.25, -0.2) is 9.97 Å². The van der Waals surface area contributed by atoms with E-state index in [0.717, 1.165) is 85.4 Å². The molecule has 0 spiro atoms. The summed E-state index contributed by atoms with van der Waals surface area (Å²) in [6, 6.07) is 18.9. The molecular formula is C26H33Cl3N6OS. The lowest BCUT2D eigenvalue weighted by Gasteiger charge is -2.38. The van der Waals surface area contributed by atoms with Crippen molar-refractivity contribution in [3.05, 3.63) is 54.6 Å². The molecule has 37 heavy (non-hydrogen) atoms. The van der Waals surface area contributed by atoms with Gasteiger partial charge in [0.25, 0.3) is 0 Å². The molecule has 0 aliphatic carbocycles. The summed E-state index contributed by atoms with van der Waals surface area (Å²) in [4.78, 5) is 29.6. The molecular weight excluding hydrogens is 551 g/mol. The quantitative estimate of drug-likeness (QED) is 0.499. The van der Waals surface area contributed by atoms with Gasteiger partial charge < -0.3 is 15.1 Å². The van der Waals surface area contributed by atoms with E-state index in [9.17, 15) is 4.79 Å².